The van der Waals surface area contributed by atoms with E-state index in [-0.39, 0.29) is 0 Å². The van der Waals surface area contributed by atoms with Crippen LogP contribution in [0.3, 0.4) is 0 Å². The molecular formula is C18H29N3OS. The largest absolute Gasteiger partial charge is 0.497 e. The minimum Gasteiger partial charge on any atom is -0.497 e. The van der Waals surface area contributed by atoms with Crippen molar-refractivity contribution in [1.82, 2.24) is 10.2 Å². The molecule has 0 saturated carbocycles. The Hall–Kier alpha value is -1.33. The molecule has 5 heteroatoms. The van der Waals surface area contributed by atoms with Gasteiger partial charge in [0.15, 0.2) is 5.11 Å². The average molecular weight is 336 g/mol. The number of hydrogen-bond acceptors (Lipinski definition) is 3. The molecule has 0 amide bonds. The third kappa shape index (κ3) is 5.99. The number of ether oxygens (including phenoxy) is 1. The van der Waals surface area contributed by atoms with Gasteiger partial charge < -0.3 is 20.3 Å². The van der Waals surface area contributed by atoms with Gasteiger partial charge in [0.05, 0.1) is 7.11 Å². The second-order valence-corrected chi connectivity index (χ2v) is 6.47. The van der Waals surface area contributed by atoms with Crippen LogP contribution in [0.5, 0.6) is 5.75 Å². The van der Waals surface area contributed by atoms with Gasteiger partial charge in [-0.2, -0.15) is 0 Å². The first-order chi connectivity index (χ1) is 11.2. The lowest BCUT2D eigenvalue weighted by Crippen LogP contribution is -2.40. The Balaban J connectivity index is 1.66. The van der Waals surface area contributed by atoms with Gasteiger partial charge in [0.1, 0.15) is 5.75 Å². The van der Waals surface area contributed by atoms with E-state index in [1.54, 1.807) is 7.11 Å². The van der Waals surface area contributed by atoms with Gasteiger partial charge in [-0.15, -0.1) is 0 Å². The molecule has 1 unspecified atom stereocenters. The van der Waals surface area contributed by atoms with Crippen LogP contribution in [0, 0.1) is 0 Å². The van der Waals surface area contributed by atoms with Crippen LogP contribution < -0.4 is 15.4 Å². The fourth-order valence-electron chi connectivity index (χ4n) is 3.18. The molecule has 1 aliphatic rings. The van der Waals surface area contributed by atoms with E-state index >= 15 is 0 Å². The molecule has 128 valence electrons. The van der Waals surface area contributed by atoms with Crippen LogP contribution in [0.2, 0.25) is 0 Å². The SMILES string of the molecule is CCC1CCCCN1CCCNC(=S)Nc1cccc(OC)c1. The van der Waals surface area contributed by atoms with Crippen molar-refractivity contribution in [3.63, 3.8) is 0 Å². The summed E-state index contributed by atoms with van der Waals surface area (Å²) in [6.07, 6.45) is 6.49. The lowest BCUT2D eigenvalue weighted by Gasteiger charge is -2.35. The first-order valence-corrected chi connectivity index (χ1v) is 9.06. The summed E-state index contributed by atoms with van der Waals surface area (Å²) < 4.78 is 5.21. The molecule has 1 aromatic rings. The van der Waals surface area contributed by atoms with Crippen LogP contribution in [0.1, 0.15) is 39.0 Å². The monoisotopic (exact) mass is 335 g/mol. The van der Waals surface area contributed by atoms with E-state index < -0.39 is 0 Å². The second-order valence-electron chi connectivity index (χ2n) is 6.06. The molecule has 2 rings (SSSR count). The quantitative estimate of drug-likeness (QED) is 0.588. The zero-order valence-corrected chi connectivity index (χ0v) is 15.1. The maximum absolute atomic E-state index is 5.35. The van der Waals surface area contributed by atoms with Crippen LogP contribution in [-0.2, 0) is 0 Å². The summed E-state index contributed by atoms with van der Waals surface area (Å²) in [4.78, 5) is 2.64. The van der Waals surface area contributed by atoms with E-state index in [1.165, 1.54) is 32.2 Å². The molecule has 0 bridgehead atoms. The molecule has 1 aliphatic heterocycles. The number of nitrogens with zero attached hydrogens (tertiary/aromatic N) is 1. The Morgan fingerprint density at radius 2 is 2.26 bits per heavy atom. The highest BCUT2D eigenvalue weighted by atomic mass is 32.1. The molecular weight excluding hydrogens is 306 g/mol. The molecule has 0 spiro atoms. The van der Waals surface area contributed by atoms with Crippen molar-refractivity contribution in [2.24, 2.45) is 0 Å². The van der Waals surface area contributed by atoms with Gasteiger partial charge >= 0.3 is 0 Å². The number of methoxy groups -OCH3 is 1. The molecule has 0 radical (unpaired) electrons. The third-order valence-electron chi connectivity index (χ3n) is 4.46. The molecule has 1 heterocycles. The predicted octanol–water partition coefficient (Wildman–Crippen LogP) is 3.64. The number of rotatable bonds is 7. The highest BCUT2D eigenvalue weighted by Gasteiger charge is 2.19. The van der Waals surface area contributed by atoms with Crippen LogP contribution in [-0.4, -0.2) is 42.8 Å². The van der Waals surface area contributed by atoms with Gasteiger partial charge in [-0.05, 0) is 56.6 Å². The minimum atomic E-state index is 0.670. The van der Waals surface area contributed by atoms with E-state index in [2.05, 4.69) is 22.5 Å². The number of thiocarbonyl (C=S) groups is 1. The lowest BCUT2D eigenvalue weighted by atomic mass is 10.00. The zero-order chi connectivity index (χ0) is 16.5. The van der Waals surface area contributed by atoms with Crippen molar-refractivity contribution < 1.29 is 4.74 Å². The Morgan fingerprint density at radius 3 is 3.04 bits per heavy atom. The molecule has 0 aromatic heterocycles. The summed E-state index contributed by atoms with van der Waals surface area (Å²) in [5.41, 5.74) is 0.948. The molecule has 1 fully saturated rings. The van der Waals surface area contributed by atoms with Crippen molar-refractivity contribution in [1.29, 1.82) is 0 Å². The minimum absolute atomic E-state index is 0.670. The zero-order valence-electron chi connectivity index (χ0n) is 14.3. The molecule has 23 heavy (non-hydrogen) atoms. The number of nitrogens with one attached hydrogen (secondary N) is 2. The van der Waals surface area contributed by atoms with E-state index in [0.717, 1.165) is 37.0 Å². The average Bonchev–Trinajstić information content (AvgIpc) is 2.59. The van der Waals surface area contributed by atoms with E-state index in [4.69, 9.17) is 17.0 Å². The molecule has 1 aromatic carbocycles. The van der Waals surface area contributed by atoms with Crippen LogP contribution >= 0.6 is 12.2 Å². The van der Waals surface area contributed by atoms with Crippen molar-refractivity contribution >= 4 is 23.0 Å². The van der Waals surface area contributed by atoms with Gasteiger partial charge in [0.25, 0.3) is 0 Å². The molecule has 0 aliphatic carbocycles. The Labute approximate surface area is 145 Å². The Kier molecular flexibility index (Phi) is 7.62. The summed E-state index contributed by atoms with van der Waals surface area (Å²) in [5.74, 6) is 0.827. The van der Waals surface area contributed by atoms with Crippen LogP contribution in [0.15, 0.2) is 24.3 Å². The number of likely N-dealkylation sites (tertiary alicyclic amines) is 1. The van der Waals surface area contributed by atoms with E-state index in [1.807, 2.05) is 24.3 Å². The first kappa shape index (κ1) is 18.0. The Bertz CT molecular complexity index is 495. The van der Waals surface area contributed by atoms with Gasteiger partial charge in [-0.25, -0.2) is 0 Å². The van der Waals surface area contributed by atoms with Crippen LogP contribution in [0.4, 0.5) is 5.69 Å². The van der Waals surface area contributed by atoms with Gasteiger partial charge in [0.2, 0.25) is 0 Å². The highest BCUT2D eigenvalue weighted by Crippen LogP contribution is 2.19. The van der Waals surface area contributed by atoms with Gasteiger partial charge in [0, 0.05) is 30.9 Å². The Morgan fingerprint density at radius 1 is 1.39 bits per heavy atom. The number of benzene rings is 1. The van der Waals surface area contributed by atoms with Crippen molar-refractivity contribution in [3.8, 4) is 5.75 Å². The van der Waals surface area contributed by atoms with Gasteiger partial charge in [-0.1, -0.05) is 19.4 Å². The predicted molar refractivity (Wildman–Crippen MR) is 101 cm³/mol. The fraction of sp³-hybridized carbons (Fsp3) is 0.611. The van der Waals surface area contributed by atoms with Crippen molar-refractivity contribution in [2.45, 2.75) is 45.1 Å². The number of anilines is 1. The lowest BCUT2D eigenvalue weighted by molar-refractivity contribution is 0.143. The topological polar surface area (TPSA) is 36.5 Å². The second kappa shape index (κ2) is 9.73. The van der Waals surface area contributed by atoms with Crippen LogP contribution in [0.25, 0.3) is 0 Å². The number of hydrogen-bond donors (Lipinski definition) is 2. The number of piperidine rings is 1. The van der Waals surface area contributed by atoms with Gasteiger partial charge in [-0.3, -0.25) is 0 Å². The molecule has 1 saturated heterocycles. The highest BCUT2D eigenvalue weighted by molar-refractivity contribution is 7.80. The maximum atomic E-state index is 5.35. The van der Waals surface area contributed by atoms with E-state index in [9.17, 15) is 0 Å². The summed E-state index contributed by atoms with van der Waals surface area (Å²) in [6.45, 7) is 5.62. The normalized spacial score (nSPS) is 18.4. The smallest absolute Gasteiger partial charge is 0.170 e. The standard InChI is InChI=1S/C18H29N3OS/c1-3-16-9-4-5-12-21(16)13-7-11-19-18(23)20-15-8-6-10-17(14-15)22-2/h6,8,10,14,16H,3-5,7,9,11-13H2,1-2H3,(H2,19,20,23). The van der Waals surface area contributed by atoms with E-state index in [0.29, 0.717) is 5.11 Å². The summed E-state index contributed by atoms with van der Waals surface area (Å²) in [5, 5.41) is 7.17. The molecule has 2 N–H and O–H groups in total. The molecule has 1 atom stereocenters. The van der Waals surface area contributed by atoms with Crippen molar-refractivity contribution in [3.05, 3.63) is 24.3 Å². The summed E-state index contributed by atoms with van der Waals surface area (Å²) >= 11 is 5.35. The fourth-order valence-corrected chi connectivity index (χ4v) is 3.40. The third-order valence-corrected chi connectivity index (χ3v) is 4.70. The maximum Gasteiger partial charge on any atom is 0.170 e. The molecule has 4 nitrogen and oxygen atoms in total. The van der Waals surface area contributed by atoms with Crippen molar-refractivity contribution in [2.75, 3.05) is 32.1 Å². The summed E-state index contributed by atoms with van der Waals surface area (Å²) in [6, 6.07) is 8.57. The summed E-state index contributed by atoms with van der Waals surface area (Å²) in [7, 11) is 1.67. The first-order valence-electron chi connectivity index (χ1n) is 8.66.